The van der Waals surface area contributed by atoms with Crippen molar-refractivity contribution in [2.24, 2.45) is 5.73 Å². The molecule has 0 fully saturated rings. The Bertz CT molecular complexity index is 742. The molecule has 0 spiro atoms. The van der Waals surface area contributed by atoms with Gasteiger partial charge in [-0.1, -0.05) is 26.2 Å². The first-order valence-electron chi connectivity index (χ1n) is 9.09. The van der Waals surface area contributed by atoms with Crippen LogP contribution in [0.15, 0.2) is 28.7 Å². The van der Waals surface area contributed by atoms with Gasteiger partial charge in [-0.25, -0.2) is 4.79 Å². The standard InChI is InChI=1S/C19H26N4O4/c1-3-4-5-6-11-21-17(24)15(20)12-16-22-23-18(27-16)13-7-9-14(10-8-13)19(25)26-2/h7-10,15H,3-6,11-12,20H2,1-2H3,(H,21,24)/t15-/m0/s1. The number of methoxy groups -OCH3 is 1. The van der Waals surface area contributed by atoms with Gasteiger partial charge < -0.3 is 20.2 Å². The molecule has 0 bridgehead atoms. The molecular formula is C19H26N4O4. The van der Waals surface area contributed by atoms with Crippen molar-refractivity contribution in [3.05, 3.63) is 35.7 Å². The molecule has 0 saturated carbocycles. The molecule has 1 heterocycles. The van der Waals surface area contributed by atoms with Gasteiger partial charge in [0.25, 0.3) is 0 Å². The number of amides is 1. The molecule has 0 saturated heterocycles. The molecule has 0 radical (unpaired) electrons. The molecule has 1 amide bonds. The molecule has 0 aliphatic heterocycles. The van der Waals surface area contributed by atoms with Crippen molar-refractivity contribution in [2.45, 2.75) is 45.1 Å². The van der Waals surface area contributed by atoms with E-state index in [2.05, 4.69) is 27.2 Å². The monoisotopic (exact) mass is 374 g/mol. The molecule has 8 nitrogen and oxygen atoms in total. The van der Waals surface area contributed by atoms with Crippen LogP contribution in [0.2, 0.25) is 0 Å². The third-order valence-corrected chi connectivity index (χ3v) is 4.08. The normalized spacial score (nSPS) is 11.8. The first-order chi connectivity index (χ1) is 13.0. The lowest BCUT2D eigenvalue weighted by Crippen LogP contribution is -2.42. The van der Waals surface area contributed by atoms with E-state index in [-0.39, 0.29) is 18.2 Å². The summed E-state index contributed by atoms with van der Waals surface area (Å²) < 4.78 is 10.2. The maximum atomic E-state index is 12.0. The van der Waals surface area contributed by atoms with Gasteiger partial charge in [-0.3, -0.25) is 4.79 Å². The van der Waals surface area contributed by atoms with Crippen LogP contribution in [-0.4, -0.2) is 41.8 Å². The zero-order valence-electron chi connectivity index (χ0n) is 15.7. The van der Waals surface area contributed by atoms with Gasteiger partial charge in [0.2, 0.25) is 17.7 Å². The van der Waals surface area contributed by atoms with E-state index >= 15 is 0 Å². The fourth-order valence-electron chi connectivity index (χ4n) is 2.49. The Morgan fingerprint density at radius 1 is 1.19 bits per heavy atom. The molecular weight excluding hydrogens is 348 g/mol. The van der Waals surface area contributed by atoms with Crippen molar-refractivity contribution >= 4 is 11.9 Å². The first-order valence-corrected chi connectivity index (χ1v) is 9.09. The fourth-order valence-corrected chi connectivity index (χ4v) is 2.49. The van der Waals surface area contributed by atoms with Crippen LogP contribution in [0.3, 0.4) is 0 Å². The average Bonchev–Trinajstić information content (AvgIpc) is 3.15. The van der Waals surface area contributed by atoms with E-state index in [9.17, 15) is 9.59 Å². The number of carbonyl (C=O) groups excluding carboxylic acids is 2. The summed E-state index contributed by atoms with van der Waals surface area (Å²) in [6, 6.07) is 5.86. The van der Waals surface area contributed by atoms with E-state index in [1.165, 1.54) is 7.11 Å². The summed E-state index contributed by atoms with van der Waals surface area (Å²) in [4.78, 5) is 23.5. The van der Waals surface area contributed by atoms with Crippen LogP contribution in [-0.2, 0) is 16.0 Å². The zero-order valence-corrected chi connectivity index (χ0v) is 15.7. The van der Waals surface area contributed by atoms with E-state index in [1.807, 2.05) is 0 Å². The average molecular weight is 374 g/mol. The van der Waals surface area contributed by atoms with Crippen LogP contribution in [0.5, 0.6) is 0 Å². The highest BCUT2D eigenvalue weighted by molar-refractivity contribution is 5.89. The molecule has 0 aliphatic rings. The van der Waals surface area contributed by atoms with Crippen molar-refractivity contribution in [3.8, 4) is 11.5 Å². The predicted octanol–water partition coefficient (Wildman–Crippen LogP) is 2.09. The Kier molecular flexibility index (Phi) is 7.94. The number of hydrogen-bond acceptors (Lipinski definition) is 7. The Hall–Kier alpha value is -2.74. The summed E-state index contributed by atoms with van der Waals surface area (Å²) in [5.41, 5.74) is 7.01. The second kappa shape index (κ2) is 10.4. The Morgan fingerprint density at radius 2 is 1.93 bits per heavy atom. The Balaban J connectivity index is 1.87. The third-order valence-electron chi connectivity index (χ3n) is 4.08. The molecule has 0 aliphatic carbocycles. The van der Waals surface area contributed by atoms with Crippen LogP contribution in [0.4, 0.5) is 0 Å². The second-order valence-electron chi connectivity index (χ2n) is 6.23. The number of nitrogens with two attached hydrogens (primary N) is 1. The number of nitrogens with zero attached hydrogens (tertiary/aromatic N) is 2. The topological polar surface area (TPSA) is 120 Å². The van der Waals surface area contributed by atoms with Crippen molar-refractivity contribution < 1.29 is 18.7 Å². The van der Waals surface area contributed by atoms with Crippen LogP contribution in [0.25, 0.3) is 11.5 Å². The summed E-state index contributed by atoms with van der Waals surface area (Å²) in [5, 5.41) is 10.7. The molecule has 1 atom stereocenters. The zero-order chi connectivity index (χ0) is 19.6. The number of carbonyl (C=O) groups is 2. The molecule has 1 aromatic carbocycles. The molecule has 27 heavy (non-hydrogen) atoms. The molecule has 2 aromatic rings. The highest BCUT2D eigenvalue weighted by Crippen LogP contribution is 2.19. The molecule has 8 heteroatoms. The van der Waals surface area contributed by atoms with Gasteiger partial charge in [0.15, 0.2) is 0 Å². The van der Waals surface area contributed by atoms with Crippen molar-refractivity contribution in [1.29, 1.82) is 0 Å². The van der Waals surface area contributed by atoms with Crippen LogP contribution in [0.1, 0.15) is 48.9 Å². The SMILES string of the molecule is CCCCCCNC(=O)[C@@H](N)Cc1nnc(-c2ccc(C(=O)OC)cc2)o1. The molecule has 3 N–H and O–H groups in total. The number of rotatable bonds is 10. The number of hydrogen-bond donors (Lipinski definition) is 2. The van der Waals surface area contributed by atoms with E-state index in [4.69, 9.17) is 10.2 Å². The number of unbranched alkanes of at least 4 members (excludes halogenated alkanes) is 3. The predicted molar refractivity (Wildman–Crippen MR) is 99.9 cm³/mol. The van der Waals surface area contributed by atoms with E-state index in [0.29, 0.717) is 23.6 Å². The van der Waals surface area contributed by atoms with Gasteiger partial charge in [0.05, 0.1) is 25.1 Å². The molecule has 146 valence electrons. The summed E-state index contributed by atoms with van der Waals surface area (Å²) >= 11 is 0. The lowest BCUT2D eigenvalue weighted by atomic mass is 10.1. The largest absolute Gasteiger partial charge is 0.465 e. The minimum Gasteiger partial charge on any atom is -0.465 e. The van der Waals surface area contributed by atoms with Crippen molar-refractivity contribution in [2.75, 3.05) is 13.7 Å². The molecule has 2 rings (SSSR count). The maximum absolute atomic E-state index is 12.0. The lowest BCUT2D eigenvalue weighted by molar-refractivity contribution is -0.122. The molecule has 1 aromatic heterocycles. The smallest absolute Gasteiger partial charge is 0.337 e. The Morgan fingerprint density at radius 3 is 2.59 bits per heavy atom. The minimum absolute atomic E-state index is 0.161. The number of nitrogens with one attached hydrogen (secondary N) is 1. The highest BCUT2D eigenvalue weighted by Gasteiger charge is 2.18. The van der Waals surface area contributed by atoms with Crippen LogP contribution < -0.4 is 11.1 Å². The van der Waals surface area contributed by atoms with Gasteiger partial charge in [-0.2, -0.15) is 0 Å². The second-order valence-corrected chi connectivity index (χ2v) is 6.23. The van der Waals surface area contributed by atoms with Crippen LogP contribution >= 0.6 is 0 Å². The van der Waals surface area contributed by atoms with Gasteiger partial charge in [-0.15, -0.1) is 10.2 Å². The minimum atomic E-state index is -0.744. The van der Waals surface area contributed by atoms with Crippen molar-refractivity contribution in [1.82, 2.24) is 15.5 Å². The summed E-state index contributed by atoms with van der Waals surface area (Å²) in [6.07, 6.45) is 4.51. The summed E-state index contributed by atoms with van der Waals surface area (Å²) in [6.45, 7) is 2.76. The first kappa shape index (κ1) is 20.6. The molecule has 0 unspecified atom stereocenters. The van der Waals surface area contributed by atoms with Crippen molar-refractivity contribution in [3.63, 3.8) is 0 Å². The number of ether oxygens (including phenoxy) is 1. The lowest BCUT2D eigenvalue weighted by Gasteiger charge is -2.10. The number of esters is 1. The summed E-state index contributed by atoms with van der Waals surface area (Å²) in [5.74, 6) is -0.0580. The number of benzene rings is 1. The fraction of sp³-hybridized carbons (Fsp3) is 0.474. The van der Waals surface area contributed by atoms with E-state index < -0.39 is 12.0 Å². The van der Waals surface area contributed by atoms with Gasteiger partial charge >= 0.3 is 5.97 Å². The van der Waals surface area contributed by atoms with E-state index in [0.717, 1.165) is 25.7 Å². The third kappa shape index (κ3) is 6.18. The number of aromatic nitrogens is 2. The van der Waals surface area contributed by atoms with Gasteiger partial charge in [-0.05, 0) is 30.7 Å². The quantitative estimate of drug-likeness (QED) is 0.482. The van der Waals surface area contributed by atoms with E-state index in [1.54, 1.807) is 24.3 Å². The van der Waals surface area contributed by atoms with Gasteiger partial charge in [0.1, 0.15) is 0 Å². The Labute approximate surface area is 158 Å². The highest BCUT2D eigenvalue weighted by atomic mass is 16.5. The maximum Gasteiger partial charge on any atom is 0.337 e. The summed E-state index contributed by atoms with van der Waals surface area (Å²) in [7, 11) is 1.32. The van der Waals surface area contributed by atoms with Crippen LogP contribution in [0, 0.1) is 0 Å². The van der Waals surface area contributed by atoms with Gasteiger partial charge in [0, 0.05) is 12.1 Å².